The molecule has 6 heteroatoms. The first-order valence-electron chi connectivity index (χ1n) is 8.38. The van der Waals surface area contributed by atoms with Gasteiger partial charge in [0, 0.05) is 23.3 Å². The van der Waals surface area contributed by atoms with E-state index in [1.165, 1.54) is 4.68 Å². The standard InChI is InChI=1S/C20H17N5O/c1-2-17-18(14-10-12-23-15-8-4-3-7-13(14)15)19(24-25(17)20(21)26)16-9-5-6-11-22-16/h3-12H,2H2,1H3,(H2,21,26). The molecule has 0 spiro atoms. The second-order valence-corrected chi connectivity index (χ2v) is 5.86. The van der Waals surface area contributed by atoms with E-state index in [1.807, 2.05) is 55.5 Å². The summed E-state index contributed by atoms with van der Waals surface area (Å²) in [6.07, 6.45) is 4.08. The minimum atomic E-state index is -0.608. The van der Waals surface area contributed by atoms with Crippen molar-refractivity contribution in [2.24, 2.45) is 5.73 Å². The number of para-hydroxylation sites is 1. The van der Waals surface area contributed by atoms with Gasteiger partial charge in [0.1, 0.15) is 5.69 Å². The highest BCUT2D eigenvalue weighted by molar-refractivity contribution is 5.99. The number of fused-ring (bicyclic) bond motifs is 1. The summed E-state index contributed by atoms with van der Waals surface area (Å²) in [4.78, 5) is 20.8. The van der Waals surface area contributed by atoms with Crippen molar-refractivity contribution in [1.82, 2.24) is 19.7 Å². The van der Waals surface area contributed by atoms with E-state index in [0.29, 0.717) is 17.8 Å². The van der Waals surface area contributed by atoms with Gasteiger partial charge in [0.25, 0.3) is 0 Å². The molecule has 4 rings (SSSR count). The Kier molecular flexibility index (Phi) is 3.93. The Balaban J connectivity index is 2.10. The molecule has 3 heterocycles. The Morgan fingerprint density at radius 3 is 2.58 bits per heavy atom. The van der Waals surface area contributed by atoms with Crippen LogP contribution in [0.25, 0.3) is 33.4 Å². The van der Waals surface area contributed by atoms with Crippen LogP contribution >= 0.6 is 0 Å². The van der Waals surface area contributed by atoms with Crippen LogP contribution in [0.5, 0.6) is 0 Å². The van der Waals surface area contributed by atoms with Crippen LogP contribution in [0.15, 0.2) is 60.9 Å². The van der Waals surface area contributed by atoms with Gasteiger partial charge in [-0.05, 0) is 36.2 Å². The summed E-state index contributed by atoms with van der Waals surface area (Å²) < 4.78 is 1.27. The van der Waals surface area contributed by atoms with Crippen LogP contribution in [-0.4, -0.2) is 25.8 Å². The molecule has 1 aromatic carbocycles. The van der Waals surface area contributed by atoms with Gasteiger partial charge in [-0.3, -0.25) is 9.97 Å². The largest absolute Gasteiger partial charge is 0.350 e. The predicted molar refractivity (Wildman–Crippen MR) is 101 cm³/mol. The molecule has 1 amide bonds. The van der Waals surface area contributed by atoms with Crippen LogP contribution in [0.2, 0.25) is 0 Å². The van der Waals surface area contributed by atoms with Gasteiger partial charge >= 0.3 is 6.03 Å². The van der Waals surface area contributed by atoms with Crippen molar-refractivity contribution in [1.29, 1.82) is 0 Å². The number of aromatic nitrogens is 4. The van der Waals surface area contributed by atoms with Crippen molar-refractivity contribution in [3.05, 3.63) is 66.6 Å². The highest BCUT2D eigenvalue weighted by Gasteiger charge is 2.23. The van der Waals surface area contributed by atoms with Crippen molar-refractivity contribution in [2.45, 2.75) is 13.3 Å². The van der Waals surface area contributed by atoms with Gasteiger partial charge < -0.3 is 5.73 Å². The minimum absolute atomic E-state index is 0.606. The first-order valence-corrected chi connectivity index (χ1v) is 8.38. The molecule has 2 N–H and O–H groups in total. The molecule has 128 valence electrons. The van der Waals surface area contributed by atoms with Crippen LogP contribution in [-0.2, 0) is 6.42 Å². The number of carbonyl (C=O) groups excluding carboxylic acids is 1. The third-order valence-electron chi connectivity index (χ3n) is 4.35. The lowest BCUT2D eigenvalue weighted by Crippen LogP contribution is -2.23. The lowest BCUT2D eigenvalue weighted by molar-refractivity contribution is 0.247. The van der Waals surface area contributed by atoms with Gasteiger partial charge in [0.05, 0.1) is 16.9 Å². The molecular formula is C20H17N5O. The highest BCUT2D eigenvalue weighted by Crippen LogP contribution is 2.37. The molecule has 0 fully saturated rings. The number of benzene rings is 1. The van der Waals surface area contributed by atoms with E-state index in [0.717, 1.165) is 27.7 Å². The van der Waals surface area contributed by atoms with Crippen LogP contribution in [0.1, 0.15) is 12.6 Å². The average molecular weight is 343 g/mol. The number of primary amides is 1. The Morgan fingerprint density at radius 2 is 1.85 bits per heavy atom. The van der Waals surface area contributed by atoms with E-state index in [9.17, 15) is 4.79 Å². The fourth-order valence-corrected chi connectivity index (χ4v) is 3.24. The quantitative estimate of drug-likeness (QED) is 0.615. The second-order valence-electron chi connectivity index (χ2n) is 5.86. The zero-order valence-electron chi connectivity index (χ0n) is 14.3. The van der Waals surface area contributed by atoms with Gasteiger partial charge in [-0.1, -0.05) is 31.2 Å². The number of nitrogens with two attached hydrogens (primary N) is 1. The molecular weight excluding hydrogens is 326 g/mol. The first kappa shape index (κ1) is 16.0. The van der Waals surface area contributed by atoms with Crippen LogP contribution in [0.3, 0.4) is 0 Å². The number of pyridine rings is 2. The maximum Gasteiger partial charge on any atom is 0.339 e. The number of rotatable bonds is 3. The Labute approximate surface area is 150 Å². The molecule has 0 atom stereocenters. The molecule has 0 saturated heterocycles. The van der Waals surface area contributed by atoms with E-state index in [1.54, 1.807) is 12.4 Å². The van der Waals surface area contributed by atoms with Crippen molar-refractivity contribution in [3.8, 4) is 22.5 Å². The van der Waals surface area contributed by atoms with Crippen LogP contribution in [0, 0.1) is 0 Å². The van der Waals surface area contributed by atoms with Gasteiger partial charge in [-0.15, -0.1) is 0 Å². The van der Waals surface area contributed by atoms with Crippen molar-refractivity contribution in [2.75, 3.05) is 0 Å². The monoisotopic (exact) mass is 343 g/mol. The van der Waals surface area contributed by atoms with Crippen molar-refractivity contribution in [3.63, 3.8) is 0 Å². The average Bonchev–Trinajstić information content (AvgIpc) is 3.08. The molecule has 3 aromatic heterocycles. The summed E-state index contributed by atoms with van der Waals surface area (Å²) in [5.41, 5.74) is 10.4. The maximum absolute atomic E-state index is 12.0. The number of amides is 1. The lowest BCUT2D eigenvalue weighted by Gasteiger charge is -2.09. The summed E-state index contributed by atoms with van der Waals surface area (Å²) in [6.45, 7) is 1.98. The van der Waals surface area contributed by atoms with E-state index in [4.69, 9.17) is 5.73 Å². The molecule has 0 radical (unpaired) electrons. The predicted octanol–water partition coefficient (Wildman–Crippen LogP) is 3.65. The fraction of sp³-hybridized carbons (Fsp3) is 0.100. The van der Waals surface area contributed by atoms with Crippen molar-refractivity contribution >= 4 is 16.9 Å². The van der Waals surface area contributed by atoms with Gasteiger partial charge in [0.15, 0.2) is 0 Å². The smallest absolute Gasteiger partial charge is 0.339 e. The van der Waals surface area contributed by atoms with Crippen LogP contribution in [0.4, 0.5) is 4.79 Å². The van der Waals surface area contributed by atoms with Crippen molar-refractivity contribution < 1.29 is 4.79 Å². The summed E-state index contributed by atoms with van der Waals surface area (Å²) in [6, 6.07) is 14.8. The zero-order valence-corrected chi connectivity index (χ0v) is 14.3. The topological polar surface area (TPSA) is 86.7 Å². The first-order chi connectivity index (χ1) is 12.7. The number of hydrogen-bond donors (Lipinski definition) is 1. The molecule has 0 saturated carbocycles. The normalized spacial score (nSPS) is 11.0. The molecule has 26 heavy (non-hydrogen) atoms. The minimum Gasteiger partial charge on any atom is -0.350 e. The molecule has 0 unspecified atom stereocenters. The van der Waals surface area contributed by atoms with Gasteiger partial charge in [-0.25, -0.2) is 4.79 Å². The van der Waals surface area contributed by atoms with Crippen LogP contribution < -0.4 is 5.73 Å². The Morgan fingerprint density at radius 1 is 1.04 bits per heavy atom. The van der Waals surface area contributed by atoms with E-state index < -0.39 is 6.03 Å². The number of nitrogens with zero attached hydrogens (tertiary/aromatic N) is 4. The molecule has 4 aromatic rings. The van der Waals surface area contributed by atoms with E-state index in [-0.39, 0.29) is 0 Å². The third-order valence-corrected chi connectivity index (χ3v) is 4.35. The summed E-state index contributed by atoms with van der Waals surface area (Å²) in [5, 5.41) is 5.48. The highest BCUT2D eigenvalue weighted by atomic mass is 16.2. The third kappa shape index (κ3) is 2.52. The maximum atomic E-state index is 12.0. The van der Waals surface area contributed by atoms with Gasteiger partial charge in [0.2, 0.25) is 0 Å². The Bertz CT molecular complexity index is 1100. The summed E-state index contributed by atoms with van der Waals surface area (Å²) in [7, 11) is 0. The molecule has 6 nitrogen and oxygen atoms in total. The van der Waals surface area contributed by atoms with E-state index in [2.05, 4.69) is 15.1 Å². The summed E-state index contributed by atoms with van der Waals surface area (Å²) >= 11 is 0. The van der Waals surface area contributed by atoms with E-state index >= 15 is 0 Å². The number of hydrogen-bond acceptors (Lipinski definition) is 4. The fourth-order valence-electron chi connectivity index (χ4n) is 3.24. The molecule has 0 aliphatic rings. The Hall–Kier alpha value is -3.54. The molecule has 0 aliphatic heterocycles. The van der Waals surface area contributed by atoms with Gasteiger partial charge in [-0.2, -0.15) is 9.78 Å². The molecule has 0 aliphatic carbocycles. The SMILES string of the molecule is CCc1c(-c2ccnc3ccccc23)c(-c2ccccn2)nn1C(N)=O. The zero-order chi connectivity index (χ0) is 18.1. The number of carbonyl (C=O) groups is 1. The summed E-state index contributed by atoms with van der Waals surface area (Å²) in [5.74, 6) is 0. The second kappa shape index (κ2) is 6.40. The lowest BCUT2D eigenvalue weighted by atomic mass is 9.97. The molecule has 0 bridgehead atoms.